The molecule has 212 valence electrons. The van der Waals surface area contributed by atoms with Crippen LogP contribution in [0.4, 0.5) is 17.6 Å². The van der Waals surface area contributed by atoms with Crippen LogP contribution < -0.4 is 0 Å². The average molecular weight is 553 g/mol. The van der Waals surface area contributed by atoms with Gasteiger partial charge in [-0.15, -0.1) is 0 Å². The van der Waals surface area contributed by atoms with Crippen LogP contribution in [0.5, 0.6) is 0 Å². The normalized spacial score (nSPS) is 20.4. The van der Waals surface area contributed by atoms with Gasteiger partial charge in [-0.3, -0.25) is 0 Å². The van der Waals surface area contributed by atoms with Gasteiger partial charge in [0.15, 0.2) is 0 Å². The number of hydrogen-bond acceptors (Lipinski definition) is 2. The number of rotatable bonds is 13. The van der Waals surface area contributed by atoms with E-state index in [1.54, 1.807) is 6.07 Å². The van der Waals surface area contributed by atoms with Gasteiger partial charge in [-0.2, -0.15) is 25.8 Å². The van der Waals surface area contributed by atoms with Gasteiger partial charge in [-0.05, 0) is 90.1 Å². The van der Waals surface area contributed by atoms with E-state index in [4.69, 9.17) is 0 Å². The standard InChI is InChI=1S/C32H44F4OS/c1-5-7-10-22(11-8-20-38)12-15-24(9-6-2)31(37)29-26(18-19-28(33)27(29)21-30(31,3)4)23-13-16-25(17-14-23)32(34,35)36/h13-14,16-19,22,24,37-38H,5-12,15,20-21H2,1-4H3. The van der Waals surface area contributed by atoms with Gasteiger partial charge in [-0.1, -0.05) is 78.0 Å². The molecular weight excluding hydrogens is 508 g/mol. The maximum absolute atomic E-state index is 15.3. The van der Waals surface area contributed by atoms with Crippen molar-refractivity contribution in [3.8, 4) is 11.1 Å². The molecule has 1 nitrogen and oxygen atoms in total. The predicted molar refractivity (Wildman–Crippen MR) is 152 cm³/mol. The van der Waals surface area contributed by atoms with Crippen LogP contribution in [-0.2, 0) is 18.2 Å². The Kier molecular flexibility index (Phi) is 10.4. The topological polar surface area (TPSA) is 20.2 Å². The highest BCUT2D eigenvalue weighted by molar-refractivity contribution is 7.80. The Bertz CT molecular complexity index is 1040. The zero-order valence-electron chi connectivity index (χ0n) is 23.3. The molecule has 0 aliphatic heterocycles. The quantitative estimate of drug-likeness (QED) is 0.187. The van der Waals surface area contributed by atoms with Gasteiger partial charge in [0.05, 0.1) is 11.2 Å². The van der Waals surface area contributed by atoms with Gasteiger partial charge >= 0.3 is 6.18 Å². The number of thiol groups is 1. The number of fused-ring (bicyclic) bond motifs is 1. The van der Waals surface area contributed by atoms with E-state index in [0.717, 1.165) is 69.3 Å². The lowest BCUT2D eigenvalue weighted by molar-refractivity contribution is -0.137. The van der Waals surface area contributed by atoms with Crippen molar-refractivity contribution in [2.45, 2.75) is 104 Å². The van der Waals surface area contributed by atoms with Gasteiger partial charge < -0.3 is 5.11 Å². The van der Waals surface area contributed by atoms with Crippen molar-refractivity contribution in [1.29, 1.82) is 0 Å². The molecule has 6 heteroatoms. The number of benzene rings is 2. The summed E-state index contributed by atoms with van der Waals surface area (Å²) >= 11 is 4.41. The first kappa shape index (κ1) is 31.0. The molecule has 38 heavy (non-hydrogen) atoms. The lowest BCUT2D eigenvalue weighted by Crippen LogP contribution is -2.45. The lowest BCUT2D eigenvalue weighted by Gasteiger charge is -2.45. The highest BCUT2D eigenvalue weighted by Crippen LogP contribution is 2.59. The Morgan fingerprint density at radius 1 is 0.895 bits per heavy atom. The van der Waals surface area contributed by atoms with Crippen LogP contribution in [0.2, 0.25) is 0 Å². The Morgan fingerprint density at radius 2 is 1.55 bits per heavy atom. The van der Waals surface area contributed by atoms with Crippen LogP contribution in [0.15, 0.2) is 36.4 Å². The minimum absolute atomic E-state index is 0.0844. The van der Waals surface area contributed by atoms with Gasteiger partial charge in [0.25, 0.3) is 0 Å². The summed E-state index contributed by atoms with van der Waals surface area (Å²) in [7, 11) is 0. The van der Waals surface area contributed by atoms with Crippen molar-refractivity contribution in [2.75, 3.05) is 5.75 Å². The summed E-state index contributed by atoms with van der Waals surface area (Å²) in [6.45, 7) is 8.31. The van der Waals surface area contributed by atoms with E-state index in [2.05, 4.69) is 26.5 Å². The molecule has 0 saturated heterocycles. The first-order valence-electron chi connectivity index (χ1n) is 14.2. The Balaban J connectivity index is 2.06. The first-order valence-corrected chi connectivity index (χ1v) is 14.9. The molecule has 0 heterocycles. The van der Waals surface area contributed by atoms with Crippen LogP contribution in [-0.4, -0.2) is 10.9 Å². The fraction of sp³-hybridized carbons (Fsp3) is 0.625. The fourth-order valence-electron chi connectivity index (χ4n) is 6.63. The first-order chi connectivity index (χ1) is 17.9. The smallest absolute Gasteiger partial charge is 0.384 e. The van der Waals surface area contributed by atoms with E-state index in [9.17, 15) is 18.3 Å². The summed E-state index contributed by atoms with van der Waals surface area (Å²) in [4.78, 5) is 0. The van der Waals surface area contributed by atoms with Crippen LogP contribution in [0.1, 0.15) is 102 Å². The molecule has 2 aromatic carbocycles. The van der Waals surface area contributed by atoms with Gasteiger partial charge in [0.1, 0.15) is 5.82 Å². The molecule has 0 fully saturated rings. The molecule has 1 N–H and O–H groups in total. The second-order valence-electron chi connectivity index (χ2n) is 11.8. The molecule has 0 saturated carbocycles. The highest BCUT2D eigenvalue weighted by Gasteiger charge is 2.57. The third-order valence-corrected chi connectivity index (χ3v) is 9.01. The van der Waals surface area contributed by atoms with Crippen molar-refractivity contribution in [2.24, 2.45) is 17.3 Å². The summed E-state index contributed by atoms with van der Waals surface area (Å²) in [6, 6.07) is 8.02. The average Bonchev–Trinajstić information content (AvgIpc) is 3.09. The van der Waals surface area contributed by atoms with Crippen molar-refractivity contribution in [3.05, 3.63) is 58.9 Å². The monoisotopic (exact) mass is 552 g/mol. The maximum atomic E-state index is 15.3. The van der Waals surface area contributed by atoms with Crippen LogP contribution in [0, 0.1) is 23.1 Å². The second kappa shape index (κ2) is 12.8. The lowest BCUT2D eigenvalue weighted by atomic mass is 9.64. The summed E-state index contributed by atoms with van der Waals surface area (Å²) in [6.07, 6.45) is 5.14. The molecule has 1 aliphatic rings. The van der Waals surface area contributed by atoms with E-state index in [0.29, 0.717) is 34.6 Å². The Labute approximate surface area is 231 Å². The van der Waals surface area contributed by atoms with Crippen molar-refractivity contribution in [3.63, 3.8) is 0 Å². The van der Waals surface area contributed by atoms with Gasteiger partial charge in [-0.25, -0.2) is 4.39 Å². The van der Waals surface area contributed by atoms with E-state index >= 15 is 4.39 Å². The minimum atomic E-state index is -4.43. The molecule has 3 atom stereocenters. The molecule has 2 aromatic rings. The van der Waals surface area contributed by atoms with Crippen LogP contribution in [0.25, 0.3) is 11.1 Å². The van der Waals surface area contributed by atoms with E-state index in [1.807, 2.05) is 13.8 Å². The zero-order chi connectivity index (χ0) is 28.1. The fourth-order valence-corrected chi connectivity index (χ4v) is 6.82. The number of unbranched alkanes of at least 4 members (excludes halogenated alkanes) is 1. The second-order valence-corrected chi connectivity index (χ2v) is 12.2. The van der Waals surface area contributed by atoms with Crippen LogP contribution >= 0.6 is 12.6 Å². The molecular formula is C32H44F4OS. The van der Waals surface area contributed by atoms with E-state index < -0.39 is 22.8 Å². The van der Waals surface area contributed by atoms with E-state index in [1.165, 1.54) is 24.6 Å². The zero-order valence-corrected chi connectivity index (χ0v) is 24.2. The Morgan fingerprint density at radius 3 is 2.13 bits per heavy atom. The number of halogens is 4. The van der Waals surface area contributed by atoms with Crippen molar-refractivity contribution >= 4 is 12.6 Å². The molecule has 1 aliphatic carbocycles. The van der Waals surface area contributed by atoms with Crippen LogP contribution in [0.3, 0.4) is 0 Å². The van der Waals surface area contributed by atoms with Crippen molar-refractivity contribution in [1.82, 2.24) is 0 Å². The molecule has 0 bridgehead atoms. The molecule has 0 spiro atoms. The van der Waals surface area contributed by atoms with Crippen molar-refractivity contribution < 1.29 is 22.7 Å². The maximum Gasteiger partial charge on any atom is 0.416 e. The number of alkyl halides is 3. The molecule has 0 amide bonds. The SMILES string of the molecule is CCCCC(CCCS)CCC(CCC)C1(O)c2c(-c3ccc(C(F)(F)F)cc3)ccc(F)c2CC1(C)C. The predicted octanol–water partition coefficient (Wildman–Crippen LogP) is 9.99. The number of hydrogen-bond donors (Lipinski definition) is 2. The third kappa shape index (κ3) is 6.43. The minimum Gasteiger partial charge on any atom is -0.384 e. The molecule has 0 aromatic heterocycles. The summed E-state index contributed by atoms with van der Waals surface area (Å²) in [5.74, 6) is 0.987. The summed E-state index contributed by atoms with van der Waals surface area (Å²) < 4.78 is 54.9. The Hall–Kier alpha value is -1.53. The molecule has 3 unspecified atom stereocenters. The number of aliphatic hydroxyl groups is 1. The third-order valence-electron chi connectivity index (χ3n) is 8.70. The summed E-state index contributed by atoms with van der Waals surface area (Å²) in [5, 5.41) is 12.7. The highest BCUT2D eigenvalue weighted by atomic mass is 32.1. The molecule has 3 rings (SSSR count). The van der Waals surface area contributed by atoms with Gasteiger partial charge in [0.2, 0.25) is 0 Å². The summed E-state index contributed by atoms with van der Waals surface area (Å²) in [5.41, 5.74) is -0.384. The van der Waals surface area contributed by atoms with Gasteiger partial charge in [0, 0.05) is 5.41 Å². The largest absolute Gasteiger partial charge is 0.416 e. The molecule has 0 radical (unpaired) electrons. The van der Waals surface area contributed by atoms with E-state index in [-0.39, 0.29) is 11.7 Å².